The number of halogens is 4. The molecule has 0 fully saturated rings. The van der Waals surface area contributed by atoms with Gasteiger partial charge in [0.1, 0.15) is 0 Å². The monoisotopic (exact) mass is 1040 g/mol. The van der Waals surface area contributed by atoms with Crippen molar-refractivity contribution in [1.29, 1.82) is 0 Å². The van der Waals surface area contributed by atoms with E-state index in [-0.39, 0.29) is 0 Å². The molecule has 0 radical (unpaired) electrons. The van der Waals surface area contributed by atoms with Gasteiger partial charge in [-0.05, 0) is 78.0 Å². The Kier molecular flexibility index (Phi) is 50.3. The minimum absolute atomic E-state index is 0.383. The molecule has 0 aromatic heterocycles. The van der Waals surface area contributed by atoms with Crippen LogP contribution in [0.2, 0.25) is 0 Å². The fourth-order valence-electron chi connectivity index (χ4n) is 0.800. The zero-order valence-electron chi connectivity index (χ0n) is 16.4. The zero-order valence-corrected chi connectivity index (χ0v) is 32.2. The van der Waals surface area contributed by atoms with E-state index >= 15 is 0 Å². The van der Waals surface area contributed by atoms with E-state index in [1.807, 2.05) is 0 Å². The molecule has 11 heteroatoms. The molecule has 0 amide bonds. The van der Waals surface area contributed by atoms with Crippen LogP contribution in [0, 0.1) is 13.3 Å². The molecule has 0 atom stereocenters. The first-order valence-electron chi connectivity index (χ1n) is 7.01. The van der Waals surface area contributed by atoms with Gasteiger partial charge in [0.2, 0.25) is 0 Å². The molecule has 0 aliphatic heterocycles. The van der Waals surface area contributed by atoms with Crippen molar-refractivity contribution < 1.29 is 12.6 Å². The first-order valence-corrected chi connectivity index (χ1v) is 57.4. The normalized spacial score (nSPS) is 9.76. The number of hydrogen-bond donors (Lipinski definition) is 0. The average molecular weight is 1040 g/mol. The summed E-state index contributed by atoms with van der Waals surface area (Å²) in [6.45, 7) is 27.8. The van der Waals surface area contributed by atoms with Gasteiger partial charge in [0.25, 0.3) is 0 Å². The van der Waals surface area contributed by atoms with E-state index in [1.165, 1.54) is 24.6 Å². The Labute approximate surface area is 204 Å². The second kappa shape index (κ2) is 31.2. The van der Waals surface area contributed by atoms with Crippen molar-refractivity contribution in [2.24, 2.45) is 0 Å². The van der Waals surface area contributed by atoms with E-state index in [9.17, 15) is 0 Å². The first-order chi connectivity index (χ1) is 11.3. The quantitative estimate of drug-likeness (QED) is 0.0845. The maximum atomic E-state index is 7.50. The molecule has 0 aliphatic carbocycles. The summed E-state index contributed by atoms with van der Waals surface area (Å²) < 4.78 is 13.6. The molecule has 152 valence electrons. The molecule has 0 rings (SSSR count). The van der Waals surface area contributed by atoms with E-state index < -0.39 is 3.35 Å². The molecule has 0 aliphatic rings. The van der Waals surface area contributed by atoms with E-state index in [0.29, 0.717) is 31.7 Å². The van der Waals surface area contributed by atoms with Gasteiger partial charge in [-0.15, -0.1) is 31.7 Å². The first kappa shape index (κ1) is 40.4. The van der Waals surface area contributed by atoms with Crippen molar-refractivity contribution in [2.45, 2.75) is 0 Å². The second-order valence-corrected chi connectivity index (χ2v) is 173. The van der Waals surface area contributed by atoms with Crippen molar-refractivity contribution in [3.8, 4) is 0 Å². The van der Waals surface area contributed by atoms with Crippen LogP contribution in [0.3, 0.4) is 0 Å². The Hall–Kier alpha value is 4.99. The molecular formula is C14H32HfI4O2P4. The molecule has 0 bridgehead atoms. The SMILES string of the molecule is CP(C)CCP(C)C.CP(C)CCP(C)C.[C-]#[O+].[C-]#[O+].[I][Hf]([I])([I])[I]. The summed E-state index contributed by atoms with van der Waals surface area (Å²) in [6, 6.07) is 0. The molecule has 2 nitrogen and oxygen atoms in total. The molecule has 0 unspecified atom stereocenters. The van der Waals surface area contributed by atoms with Crippen LogP contribution in [0.15, 0.2) is 0 Å². The zero-order chi connectivity index (χ0) is 21.6. The van der Waals surface area contributed by atoms with Gasteiger partial charge in [-0.25, -0.2) is 0 Å². The molecular weight excluding hydrogens is 1010 g/mol. The molecule has 0 saturated carbocycles. The maximum absolute atomic E-state index is 7.50. The van der Waals surface area contributed by atoms with Crippen LogP contribution < -0.4 is 0 Å². The van der Waals surface area contributed by atoms with Gasteiger partial charge < -0.3 is 0 Å². The van der Waals surface area contributed by atoms with Crippen molar-refractivity contribution in [3.63, 3.8) is 0 Å². The van der Waals surface area contributed by atoms with Gasteiger partial charge in [0.15, 0.2) is 0 Å². The Morgan fingerprint density at radius 3 is 0.640 bits per heavy atom. The van der Waals surface area contributed by atoms with Crippen LogP contribution in [0.4, 0.5) is 0 Å². The molecule has 0 spiro atoms. The topological polar surface area (TPSA) is 39.8 Å². The number of hydrogen-bond acceptors (Lipinski definition) is 0. The van der Waals surface area contributed by atoms with Crippen LogP contribution in [-0.2, 0) is 12.6 Å². The van der Waals surface area contributed by atoms with Crippen molar-refractivity contribution >= 4 is 104 Å². The van der Waals surface area contributed by atoms with Gasteiger partial charge in [-0.1, -0.05) is 0 Å². The molecule has 25 heavy (non-hydrogen) atoms. The van der Waals surface area contributed by atoms with Gasteiger partial charge in [0.05, 0.1) is 0 Å². The third-order valence-electron chi connectivity index (χ3n) is 1.99. The Morgan fingerprint density at radius 1 is 0.520 bits per heavy atom. The summed E-state index contributed by atoms with van der Waals surface area (Å²) in [5.74, 6) is 0. The molecule has 0 aromatic carbocycles. The van der Waals surface area contributed by atoms with E-state index in [2.05, 4.69) is 139 Å². The fourth-order valence-corrected chi connectivity index (χ4v) is 7.20. The fraction of sp³-hybridized carbons (Fsp3) is 0.857. The Balaban J connectivity index is -0.0000000740. The predicted molar refractivity (Wildman–Crippen MR) is 158 cm³/mol. The molecule has 0 saturated heterocycles. The molecule has 0 N–H and O–H groups in total. The van der Waals surface area contributed by atoms with Crippen LogP contribution >= 0.6 is 104 Å². The third-order valence-corrected chi connectivity index (χ3v) is 7.17. The summed E-state index contributed by atoms with van der Waals surface area (Å²) in [5.41, 5.74) is 0. The standard InChI is InChI=1S/2C6H16P2.2CO.Hf.4HI/c2*1-7(2)5-6-8(3)4;2*1-2;;;;;/h2*5-6H2,1-4H3;;;;4*1H/q;;;;+4;;;;/p-4. The summed E-state index contributed by atoms with van der Waals surface area (Å²) in [5, 5.41) is 0. The summed E-state index contributed by atoms with van der Waals surface area (Å²) in [7, 11) is 1.53. The Bertz CT molecular complexity index is 243. The Morgan fingerprint density at radius 2 is 0.600 bits per heavy atom. The van der Waals surface area contributed by atoms with Crippen molar-refractivity contribution in [1.82, 2.24) is 0 Å². The van der Waals surface area contributed by atoms with Gasteiger partial charge in [-0.3, -0.25) is 0 Å². The van der Waals surface area contributed by atoms with Crippen molar-refractivity contribution in [2.75, 3.05) is 78.0 Å². The van der Waals surface area contributed by atoms with Crippen LogP contribution in [0.25, 0.3) is 0 Å². The predicted octanol–water partition coefficient (Wildman–Crippen LogP) is 8.40. The van der Waals surface area contributed by atoms with E-state index in [4.69, 9.17) is 9.30 Å². The molecule has 0 aromatic rings. The number of rotatable bonds is 6. The summed E-state index contributed by atoms with van der Waals surface area (Å²) >= 11 is 10.2. The van der Waals surface area contributed by atoms with Crippen LogP contribution in [-0.4, -0.2) is 78.0 Å². The van der Waals surface area contributed by atoms with Crippen LogP contribution in [0.1, 0.15) is 0 Å². The van der Waals surface area contributed by atoms with E-state index in [0.717, 1.165) is 0 Å². The minimum atomic E-state index is -1.40. The summed E-state index contributed by atoms with van der Waals surface area (Å²) in [6.07, 6.45) is 5.92. The van der Waals surface area contributed by atoms with Gasteiger partial charge in [0, 0.05) is 0 Å². The third kappa shape index (κ3) is 94.0. The molecule has 0 heterocycles. The van der Waals surface area contributed by atoms with Crippen molar-refractivity contribution in [3.05, 3.63) is 13.3 Å². The second-order valence-electron chi connectivity index (χ2n) is 5.64. The average Bonchev–Trinajstić information content (AvgIpc) is 2.46. The van der Waals surface area contributed by atoms with Gasteiger partial charge >= 0.3 is 98.5 Å². The van der Waals surface area contributed by atoms with E-state index in [1.54, 1.807) is 0 Å². The van der Waals surface area contributed by atoms with Gasteiger partial charge in [-0.2, -0.15) is 0 Å². The van der Waals surface area contributed by atoms with Crippen LogP contribution in [0.5, 0.6) is 0 Å². The summed E-state index contributed by atoms with van der Waals surface area (Å²) in [4.78, 5) is 0.